The number of amides is 1. The molecule has 3 heterocycles. The Bertz CT molecular complexity index is 585. The number of aryl methyl sites for hydroxylation is 2. The van der Waals surface area contributed by atoms with E-state index in [0.29, 0.717) is 45.6 Å². The van der Waals surface area contributed by atoms with Crippen LogP contribution in [-0.4, -0.2) is 58.0 Å². The molecule has 7 heteroatoms. The van der Waals surface area contributed by atoms with Crippen LogP contribution < -0.4 is 0 Å². The van der Waals surface area contributed by atoms with Crippen molar-refractivity contribution in [2.45, 2.75) is 19.3 Å². The first kappa shape index (κ1) is 15.0. The van der Waals surface area contributed by atoms with Crippen LogP contribution in [0.3, 0.4) is 0 Å². The number of carbonyl (C=O) groups excluding carboxylic acids is 1. The highest BCUT2D eigenvalue weighted by molar-refractivity contribution is 5.81. The highest BCUT2D eigenvalue weighted by Crippen LogP contribution is 2.42. The first-order chi connectivity index (χ1) is 10.5. The zero-order valence-electron chi connectivity index (χ0n) is 12.7. The number of carbonyl (C=O) groups is 2. The molecule has 1 N–H and O–H groups in total. The van der Waals surface area contributed by atoms with Crippen LogP contribution in [-0.2, 0) is 27.8 Å². The van der Waals surface area contributed by atoms with Crippen molar-refractivity contribution >= 4 is 11.9 Å². The second-order valence-electron chi connectivity index (χ2n) is 6.28. The molecule has 7 nitrogen and oxygen atoms in total. The first-order valence-electron chi connectivity index (χ1n) is 7.58. The van der Waals surface area contributed by atoms with Crippen molar-refractivity contribution in [1.29, 1.82) is 0 Å². The molecule has 2 fully saturated rings. The van der Waals surface area contributed by atoms with Crippen LogP contribution in [0.2, 0.25) is 0 Å². The SMILES string of the molecule is Cn1cc(CCC(=O)N2C[C@H]3COCC[C@@]3(C(=O)O)C2)cn1. The Kier molecular flexibility index (Phi) is 3.90. The molecule has 0 unspecified atom stereocenters. The maximum atomic E-state index is 12.4. The van der Waals surface area contributed by atoms with Gasteiger partial charge in [-0.15, -0.1) is 0 Å². The minimum absolute atomic E-state index is 0.0129. The predicted molar refractivity (Wildman–Crippen MR) is 77.1 cm³/mol. The number of aromatic nitrogens is 2. The number of carboxylic acids is 1. The van der Waals surface area contributed by atoms with Crippen molar-refractivity contribution in [1.82, 2.24) is 14.7 Å². The number of ether oxygens (including phenoxy) is 1. The topological polar surface area (TPSA) is 84.7 Å². The Labute approximate surface area is 128 Å². The van der Waals surface area contributed by atoms with E-state index in [1.165, 1.54) is 0 Å². The molecule has 1 amide bonds. The quantitative estimate of drug-likeness (QED) is 0.865. The molecule has 0 saturated carbocycles. The Balaban J connectivity index is 1.63. The summed E-state index contributed by atoms with van der Waals surface area (Å²) in [7, 11) is 1.84. The normalized spacial score (nSPS) is 27.7. The van der Waals surface area contributed by atoms with Gasteiger partial charge in [0.1, 0.15) is 0 Å². The highest BCUT2D eigenvalue weighted by Gasteiger charge is 2.54. The van der Waals surface area contributed by atoms with Gasteiger partial charge in [-0.3, -0.25) is 14.3 Å². The Morgan fingerprint density at radius 1 is 1.55 bits per heavy atom. The lowest BCUT2D eigenvalue weighted by molar-refractivity contribution is -0.157. The number of likely N-dealkylation sites (tertiary alicyclic amines) is 1. The summed E-state index contributed by atoms with van der Waals surface area (Å²) in [5.41, 5.74) is 0.200. The third-order valence-electron chi connectivity index (χ3n) is 4.87. The third-order valence-corrected chi connectivity index (χ3v) is 4.87. The maximum Gasteiger partial charge on any atom is 0.311 e. The fourth-order valence-corrected chi connectivity index (χ4v) is 3.50. The van der Waals surface area contributed by atoms with Crippen LogP contribution in [0, 0.1) is 11.3 Å². The number of rotatable bonds is 4. The standard InChI is InChI=1S/C15H21N3O4/c1-17-7-11(6-16-17)2-3-13(19)18-8-12-9-22-5-4-15(12,10-18)14(20)21/h6-7,12H,2-5,8-10H2,1H3,(H,20,21)/t12-,15+/m0/s1. The molecule has 0 radical (unpaired) electrons. The average Bonchev–Trinajstić information content (AvgIpc) is 3.08. The van der Waals surface area contributed by atoms with Gasteiger partial charge in [0.15, 0.2) is 0 Å². The smallest absolute Gasteiger partial charge is 0.311 e. The van der Waals surface area contributed by atoms with Crippen molar-refractivity contribution < 1.29 is 19.4 Å². The van der Waals surface area contributed by atoms with Crippen LogP contribution in [0.4, 0.5) is 0 Å². The molecular weight excluding hydrogens is 286 g/mol. The number of hydrogen-bond acceptors (Lipinski definition) is 4. The summed E-state index contributed by atoms with van der Waals surface area (Å²) >= 11 is 0. The van der Waals surface area contributed by atoms with Crippen LogP contribution in [0.5, 0.6) is 0 Å². The van der Waals surface area contributed by atoms with E-state index in [1.807, 2.05) is 13.2 Å². The minimum Gasteiger partial charge on any atom is -0.481 e. The van der Waals surface area contributed by atoms with Gasteiger partial charge in [0.2, 0.25) is 5.91 Å². The first-order valence-corrected chi connectivity index (χ1v) is 7.58. The van der Waals surface area contributed by atoms with Crippen molar-refractivity contribution in [3.8, 4) is 0 Å². The summed E-state index contributed by atoms with van der Waals surface area (Å²) in [6.45, 7) is 1.68. The van der Waals surface area contributed by atoms with Crippen LogP contribution in [0.1, 0.15) is 18.4 Å². The summed E-state index contributed by atoms with van der Waals surface area (Å²) in [6.07, 6.45) is 5.14. The molecule has 0 aromatic carbocycles. The van der Waals surface area contributed by atoms with Crippen molar-refractivity contribution in [3.63, 3.8) is 0 Å². The van der Waals surface area contributed by atoms with Crippen LogP contribution in [0.15, 0.2) is 12.4 Å². The van der Waals surface area contributed by atoms with Crippen molar-refractivity contribution in [3.05, 3.63) is 18.0 Å². The van der Waals surface area contributed by atoms with E-state index >= 15 is 0 Å². The second kappa shape index (κ2) is 5.72. The molecule has 1 aromatic rings. The number of fused-ring (bicyclic) bond motifs is 1. The van der Waals surface area contributed by atoms with Crippen molar-refractivity contribution in [2.75, 3.05) is 26.3 Å². The van der Waals surface area contributed by atoms with Gasteiger partial charge in [0.25, 0.3) is 0 Å². The Morgan fingerprint density at radius 2 is 2.36 bits per heavy atom. The van der Waals surface area contributed by atoms with E-state index in [2.05, 4.69) is 5.10 Å². The van der Waals surface area contributed by atoms with Gasteiger partial charge in [0.05, 0.1) is 18.2 Å². The highest BCUT2D eigenvalue weighted by atomic mass is 16.5. The largest absolute Gasteiger partial charge is 0.481 e. The minimum atomic E-state index is -0.817. The summed E-state index contributed by atoms with van der Waals surface area (Å²) in [5.74, 6) is -0.886. The van der Waals surface area contributed by atoms with E-state index < -0.39 is 11.4 Å². The van der Waals surface area contributed by atoms with Gasteiger partial charge < -0.3 is 14.7 Å². The lowest BCUT2D eigenvalue weighted by atomic mass is 9.74. The van der Waals surface area contributed by atoms with Crippen LogP contribution >= 0.6 is 0 Å². The molecule has 22 heavy (non-hydrogen) atoms. The Morgan fingerprint density at radius 3 is 3.00 bits per heavy atom. The molecule has 3 rings (SSSR count). The van der Waals surface area contributed by atoms with Gasteiger partial charge >= 0.3 is 5.97 Å². The molecule has 2 aliphatic rings. The lowest BCUT2D eigenvalue weighted by Gasteiger charge is -2.33. The zero-order chi connectivity index (χ0) is 15.7. The summed E-state index contributed by atoms with van der Waals surface area (Å²) in [4.78, 5) is 25.8. The van der Waals surface area contributed by atoms with E-state index in [9.17, 15) is 14.7 Å². The zero-order valence-corrected chi connectivity index (χ0v) is 12.7. The number of carboxylic acid groups (broad SMARTS) is 1. The number of hydrogen-bond donors (Lipinski definition) is 1. The predicted octanol–water partition coefficient (Wildman–Crippen LogP) is 0.302. The van der Waals surface area contributed by atoms with E-state index in [0.717, 1.165) is 5.56 Å². The summed E-state index contributed by atoms with van der Waals surface area (Å²) in [6, 6.07) is 0. The molecule has 2 saturated heterocycles. The molecule has 2 atom stereocenters. The molecule has 0 spiro atoms. The van der Waals surface area contributed by atoms with E-state index in [1.54, 1.807) is 15.8 Å². The summed E-state index contributed by atoms with van der Waals surface area (Å²) < 4.78 is 7.12. The fourth-order valence-electron chi connectivity index (χ4n) is 3.50. The van der Waals surface area contributed by atoms with Gasteiger partial charge in [-0.25, -0.2) is 0 Å². The lowest BCUT2D eigenvalue weighted by Crippen LogP contribution is -2.45. The van der Waals surface area contributed by atoms with Gasteiger partial charge in [0, 0.05) is 45.3 Å². The van der Waals surface area contributed by atoms with Gasteiger partial charge in [-0.05, 0) is 18.4 Å². The molecule has 2 aliphatic heterocycles. The summed E-state index contributed by atoms with van der Waals surface area (Å²) in [5, 5.41) is 13.7. The number of aliphatic carboxylic acids is 1. The monoisotopic (exact) mass is 307 g/mol. The molecule has 1 aromatic heterocycles. The molecular formula is C15H21N3O4. The Hall–Kier alpha value is -1.89. The van der Waals surface area contributed by atoms with Crippen LogP contribution in [0.25, 0.3) is 0 Å². The van der Waals surface area contributed by atoms with Gasteiger partial charge in [-0.1, -0.05) is 0 Å². The van der Waals surface area contributed by atoms with Crippen molar-refractivity contribution in [2.24, 2.45) is 18.4 Å². The van der Waals surface area contributed by atoms with E-state index in [-0.39, 0.29) is 11.8 Å². The molecule has 120 valence electrons. The van der Waals surface area contributed by atoms with E-state index in [4.69, 9.17) is 4.74 Å². The molecule has 0 bridgehead atoms. The number of nitrogens with zero attached hydrogens (tertiary/aromatic N) is 3. The maximum absolute atomic E-state index is 12.4. The average molecular weight is 307 g/mol. The third kappa shape index (κ3) is 2.61. The fraction of sp³-hybridized carbons (Fsp3) is 0.667. The molecule has 0 aliphatic carbocycles. The van der Waals surface area contributed by atoms with Gasteiger partial charge in [-0.2, -0.15) is 5.10 Å². The second-order valence-corrected chi connectivity index (χ2v) is 6.28.